The van der Waals surface area contributed by atoms with Crippen molar-refractivity contribution in [1.29, 1.82) is 0 Å². The normalized spacial score (nSPS) is 18.8. The summed E-state index contributed by atoms with van der Waals surface area (Å²) >= 11 is 6.06. The smallest absolute Gasteiger partial charge is 0.408 e. The van der Waals surface area contributed by atoms with Gasteiger partial charge in [-0.3, -0.25) is 14.3 Å². The van der Waals surface area contributed by atoms with Crippen LogP contribution < -0.4 is 11.1 Å². The number of likely N-dealkylation sites (tertiary alicyclic amines) is 1. The summed E-state index contributed by atoms with van der Waals surface area (Å²) in [6, 6.07) is 5.18. The molecule has 1 atom stereocenters. The summed E-state index contributed by atoms with van der Waals surface area (Å²) in [5, 5.41) is 3.47. The minimum Gasteiger partial charge on any atom is -0.408 e. The first-order chi connectivity index (χ1) is 11.6. The second-order valence-electron chi connectivity index (χ2n) is 6.23. The van der Waals surface area contributed by atoms with E-state index in [-0.39, 0.29) is 17.7 Å². The van der Waals surface area contributed by atoms with E-state index in [4.69, 9.17) is 16.0 Å². The third-order valence-electron chi connectivity index (χ3n) is 4.36. The number of carbonyl (C=O) groups is 1. The third kappa shape index (κ3) is 3.65. The maximum atomic E-state index is 12.3. The highest BCUT2D eigenvalue weighted by Crippen LogP contribution is 2.26. The number of nitrogens with one attached hydrogen (secondary N) is 1. The van der Waals surface area contributed by atoms with Crippen molar-refractivity contribution in [3.8, 4) is 0 Å². The van der Waals surface area contributed by atoms with E-state index in [1.54, 1.807) is 22.8 Å². The Balaban J connectivity index is 1.78. The zero-order valence-corrected chi connectivity index (χ0v) is 14.5. The summed E-state index contributed by atoms with van der Waals surface area (Å²) in [6.07, 6.45) is 2.74. The lowest BCUT2D eigenvalue weighted by Crippen LogP contribution is -2.44. The van der Waals surface area contributed by atoms with Gasteiger partial charge in [-0.1, -0.05) is 18.5 Å². The zero-order chi connectivity index (χ0) is 17.1. The molecule has 0 unspecified atom stereocenters. The van der Waals surface area contributed by atoms with Crippen molar-refractivity contribution in [1.82, 2.24) is 14.8 Å². The first kappa shape index (κ1) is 17.0. The molecule has 1 aliphatic rings. The molecule has 2 aromatic rings. The Bertz CT molecular complexity index is 783. The van der Waals surface area contributed by atoms with Gasteiger partial charge in [-0.25, -0.2) is 4.79 Å². The summed E-state index contributed by atoms with van der Waals surface area (Å²) in [4.78, 5) is 26.3. The fraction of sp³-hybridized carbons (Fsp3) is 0.529. The number of piperidine rings is 1. The number of nitrogens with zero attached hydrogens (tertiary/aromatic N) is 2. The maximum absolute atomic E-state index is 12.3. The highest BCUT2D eigenvalue weighted by molar-refractivity contribution is 6.31. The Morgan fingerprint density at radius 1 is 1.46 bits per heavy atom. The van der Waals surface area contributed by atoms with Gasteiger partial charge >= 0.3 is 5.76 Å². The zero-order valence-electron chi connectivity index (χ0n) is 13.8. The number of halogens is 1. The molecule has 0 saturated carbocycles. The average Bonchev–Trinajstić information content (AvgIpc) is 2.88. The molecule has 6 nitrogen and oxygen atoms in total. The molecule has 1 amide bonds. The van der Waals surface area contributed by atoms with Gasteiger partial charge in [0, 0.05) is 18.1 Å². The SMILES string of the molecule is CCCNC(=O)CN1CCC[C@@H](n2c(=O)oc3ccc(Cl)cc32)C1. The predicted molar refractivity (Wildman–Crippen MR) is 93.5 cm³/mol. The van der Waals surface area contributed by atoms with Gasteiger partial charge in [-0.15, -0.1) is 0 Å². The second-order valence-corrected chi connectivity index (χ2v) is 6.67. The van der Waals surface area contributed by atoms with Crippen molar-refractivity contribution >= 4 is 28.6 Å². The molecule has 1 aromatic carbocycles. The number of rotatable bonds is 5. The van der Waals surface area contributed by atoms with Crippen LogP contribution in [-0.2, 0) is 4.79 Å². The first-order valence-electron chi connectivity index (χ1n) is 8.38. The standard InChI is InChI=1S/C17H22ClN3O3/c1-2-7-19-16(22)11-20-8-3-4-13(10-20)21-14-9-12(18)5-6-15(14)24-17(21)23/h5-6,9,13H,2-4,7-8,10-11H2,1H3,(H,19,22)/t13-/m1/s1. The third-order valence-corrected chi connectivity index (χ3v) is 4.59. The molecule has 1 aliphatic heterocycles. The lowest BCUT2D eigenvalue weighted by molar-refractivity contribution is -0.122. The molecule has 0 spiro atoms. The number of hydrogen-bond donors (Lipinski definition) is 1. The van der Waals surface area contributed by atoms with Crippen molar-refractivity contribution in [2.45, 2.75) is 32.2 Å². The van der Waals surface area contributed by atoms with Crippen molar-refractivity contribution in [2.24, 2.45) is 0 Å². The van der Waals surface area contributed by atoms with Gasteiger partial charge in [0.05, 0.1) is 18.1 Å². The van der Waals surface area contributed by atoms with Gasteiger partial charge in [0.15, 0.2) is 5.58 Å². The van der Waals surface area contributed by atoms with E-state index in [9.17, 15) is 9.59 Å². The Kier molecular flexibility index (Phi) is 5.26. The summed E-state index contributed by atoms with van der Waals surface area (Å²) in [5.74, 6) is -0.334. The molecule has 3 rings (SSSR count). The van der Waals surface area contributed by atoms with Crippen LogP contribution in [0.15, 0.2) is 27.4 Å². The lowest BCUT2D eigenvalue weighted by atomic mass is 10.1. The number of fused-ring (bicyclic) bond motifs is 1. The summed E-state index contributed by atoms with van der Waals surface area (Å²) < 4.78 is 7.01. The van der Waals surface area contributed by atoms with E-state index in [2.05, 4.69) is 10.2 Å². The van der Waals surface area contributed by atoms with E-state index in [1.165, 1.54) is 0 Å². The van der Waals surface area contributed by atoms with E-state index in [0.717, 1.165) is 31.3 Å². The van der Waals surface area contributed by atoms with E-state index >= 15 is 0 Å². The number of amides is 1. The molecule has 0 bridgehead atoms. The second kappa shape index (κ2) is 7.40. The number of hydrogen-bond acceptors (Lipinski definition) is 4. The summed E-state index contributed by atoms with van der Waals surface area (Å²) in [6.45, 7) is 4.60. The first-order valence-corrected chi connectivity index (χ1v) is 8.76. The lowest BCUT2D eigenvalue weighted by Gasteiger charge is -2.32. The van der Waals surface area contributed by atoms with E-state index in [1.807, 2.05) is 6.92 Å². The van der Waals surface area contributed by atoms with Crippen molar-refractivity contribution in [3.63, 3.8) is 0 Å². The quantitative estimate of drug-likeness (QED) is 0.898. The number of benzene rings is 1. The van der Waals surface area contributed by atoms with Gasteiger partial charge < -0.3 is 9.73 Å². The van der Waals surface area contributed by atoms with Gasteiger partial charge in [0.25, 0.3) is 0 Å². The molecule has 1 N–H and O–H groups in total. The molecule has 1 fully saturated rings. The van der Waals surface area contributed by atoms with Crippen LogP contribution in [0.3, 0.4) is 0 Å². The highest BCUT2D eigenvalue weighted by atomic mass is 35.5. The highest BCUT2D eigenvalue weighted by Gasteiger charge is 2.26. The summed E-state index contributed by atoms with van der Waals surface area (Å²) in [5.41, 5.74) is 1.26. The van der Waals surface area contributed by atoms with Crippen molar-refractivity contribution in [3.05, 3.63) is 33.8 Å². The molecule has 1 aromatic heterocycles. The molecular weight excluding hydrogens is 330 g/mol. The fourth-order valence-electron chi connectivity index (χ4n) is 3.26. The molecule has 1 saturated heterocycles. The Labute approximate surface area is 145 Å². The van der Waals surface area contributed by atoms with Gasteiger partial charge in [-0.05, 0) is 44.0 Å². The maximum Gasteiger partial charge on any atom is 0.420 e. The molecular formula is C17H22ClN3O3. The van der Waals surface area contributed by atoms with Crippen LogP contribution in [-0.4, -0.2) is 41.6 Å². The number of aromatic nitrogens is 1. The van der Waals surface area contributed by atoms with Crippen LogP contribution in [0, 0.1) is 0 Å². The Hall–Kier alpha value is -1.79. The predicted octanol–water partition coefficient (Wildman–Crippen LogP) is 2.41. The fourth-order valence-corrected chi connectivity index (χ4v) is 3.43. The van der Waals surface area contributed by atoms with Crippen LogP contribution in [0.25, 0.3) is 11.1 Å². The topological polar surface area (TPSA) is 67.5 Å². The minimum atomic E-state index is -0.366. The average molecular weight is 352 g/mol. The van der Waals surface area contributed by atoms with Crippen LogP contribution in [0.5, 0.6) is 0 Å². The summed E-state index contributed by atoms with van der Waals surface area (Å²) in [7, 11) is 0. The van der Waals surface area contributed by atoms with Crippen LogP contribution in [0.4, 0.5) is 0 Å². The van der Waals surface area contributed by atoms with Gasteiger partial charge in [-0.2, -0.15) is 0 Å². The van der Waals surface area contributed by atoms with Crippen LogP contribution in [0.2, 0.25) is 5.02 Å². The molecule has 0 aliphatic carbocycles. The van der Waals surface area contributed by atoms with E-state index in [0.29, 0.717) is 30.2 Å². The molecule has 130 valence electrons. The van der Waals surface area contributed by atoms with E-state index < -0.39 is 0 Å². The number of oxazole rings is 1. The van der Waals surface area contributed by atoms with Crippen LogP contribution >= 0.6 is 11.6 Å². The van der Waals surface area contributed by atoms with Crippen LogP contribution in [0.1, 0.15) is 32.2 Å². The largest absolute Gasteiger partial charge is 0.420 e. The van der Waals surface area contributed by atoms with Crippen molar-refractivity contribution < 1.29 is 9.21 Å². The molecule has 7 heteroatoms. The molecule has 0 radical (unpaired) electrons. The monoisotopic (exact) mass is 351 g/mol. The molecule has 2 heterocycles. The Morgan fingerprint density at radius 3 is 3.08 bits per heavy atom. The molecule has 24 heavy (non-hydrogen) atoms. The number of carbonyl (C=O) groups excluding carboxylic acids is 1. The Morgan fingerprint density at radius 2 is 2.29 bits per heavy atom. The van der Waals surface area contributed by atoms with Gasteiger partial charge in [0.2, 0.25) is 5.91 Å². The minimum absolute atomic E-state index is 0.00931. The van der Waals surface area contributed by atoms with Gasteiger partial charge in [0.1, 0.15) is 0 Å². The van der Waals surface area contributed by atoms with Crippen molar-refractivity contribution in [2.75, 3.05) is 26.2 Å².